The summed E-state index contributed by atoms with van der Waals surface area (Å²) < 4.78 is 0.917. The monoisotopic (exact) mass is 282 g/mol. The van der Waals surface area contributed by atoms with Gasteiger partial charge in [-0.3, -0.25) is 4.98 Å². The Morgan fingerprint density at radius 2 is 2.13 bits per heavy atom. The molecule has 3 heterocycles. The van der Waals surface area contributed by atoms with Crippen LogP contribution in [0.4, 0.5) is 0 Å². The second kappa shape index (κ2) is 3.15. The highest BCUT2D eigenvalue weighted by Crippen LogP contribution is 2.24. The predicted octanol–water partition coefficient (Wildman–Crippen LogP) is 2.92. The van der Waals surface area contributed by atoms with Gasteiger partial charge < -0.3 is 4.98 Å². The lowest BCUT2D eigenvalue weighted by Gasteiger charge is -1.90. The van der Waals surface area contributed by atoms with Crippen LogP contribution < -0.4 is 0 Å². The van der Waals surface area contributed by atoms with Crippen LogP contribution in [0.3, 0.4) is 0 Å². The van der Waals surface area contributed by atoms with Gasteiger partial charge in [-0.1, -0.05) is 0 Å². The molecular formula is C9H4BrClN4. The summed E-state index contributed by atoms with van der Waals surface area (Å²) in [6, 6.07) is 1.94. The molecule has 0 radical (unpaired) electrons. The Hall–Kier alpha value is -1.20. The van der Waals surface area contributed by atoms with Crippen LogP contribution in [-0.2, 0) is 0 Å². The fourth-order valence-electron chi connectivity index (χ4n) is 1.51. The lowest BCUT2D eigenvalue weighted by Crippen LogP contribution is -1.81. The zero-order chi connectivity index (χ0) is 10.4. The molecule has 0 aliphatic carbocycles. The molecule has 0 saturated carbocycles. The van der Waals surface area contributed by atoms with Gasteiger partial charge in [0.1, 0.15) is 5.65 Å². The van der Waals surface area contributed by atoms with Crippen LogP contribution in [-0.4, -0.2) is 19.9 Å². The first-order chi connectivity index (χ1) is 7.24. The van der Waals surface area contributed by atoms with Crippen molar-refractivity contribution in [2.45, 2.75) is 0 Å². The topological polar surface area (TPSA) is 54.5 Å². The third-order valence-electron chi connectivity index (χ3n) is 2.12. The van der Waals surface area contributed by atoms with Crippen molar-refractivity contribution in [2.24, 2.45) is 0 Å². The molecule has 15 heavy (non-hydrogen) atoms. The summed E-state index contributed by atoms with van der Waals surface area (Å²) in [7, 11) is 0. The maximum atomic E-state index is 5.71. The number of rotatable bonds is 0. The zero-order valence-electron chi connectivity index (χ0n) is 7.33. The molecule has 0 aliphatic heterocycles. The van der Waals surface area contributed by atoms with Crippen LogP contribution in [0.1, 0.15) is 0 Å². The summed E-state index contributed by atoms with van der Waals surface area (Å²) in [6.07, 6.45) is 3.41. The average Bonchev–Trinajstić information content (AvgIpc) is 2.53. The highest BCUT2D eigenvalue weighted by Gasteiger charge is 2.07. The SMILES string of the molecule is Clc1ncc2c(n1)[nH]c1cc(Br)cnc12. The first-order valence-corrected chi connectivity index (χ1v) is 5.36. The highest BCUT2D eigenvalue weighted by molar-refractivity contribution is 9.10. The van der Waals surface area contributed by atoms with Gasteiger partial charge in [-0.05, 0) is 33.6 Å². The molecule has 4 nitrogen and oxygen atoms in total. The van der Waals surface area contributed by atoms with Gasteiger partial charge in [0.25, 0.3) is 0 Å². The molecule has 0 aliphatic rings. The molecule has 74 valence electrons. The largest absolute Gasteiger partial charge is 0.338 e. The first-order valence-electron chi connectivity index (χ1n) is 4.19. The fraction of sp³-hybridized carbons (Fsp3) is 0. The lowest BCUT2D eigenvalue weighted by atomic mass is 10.3. The molecule has 0 aromatic carbocycles. The number of H-pyrrole nitrogens is 1. The Labute approximate surface area is 97.8 Å². The molecule has 0 saturated heterocycles. The Balaban J connectivity index is 2.51. The number of nitrogens with zero attached hydrogens (tertiary/aromatic N) is 3. The minimum Gasteiger partial charge on any atom is -0.338 e. The van der Waals surface area contributed by atoms with E-state index in [0.717, 1.165) is 20.9 Å². The highest BCUT2D eigenvalue weighted by atomic mass is 79.9. The zero-order valence-corrected chi connectivity index (χ0v) is 9.67. The third-order valence-corrected chi connectivity index (χ3v) is 2.74. The van der Waals surface area contributed by atoms with E-state index in [2.05, 4.69) is 35.9 Å². The van der Waals surface area contributed by atoms with Crippen molar-refractivity contribution in [2.75, 3.05) is 0 Å². The fourth-order valence-corrected chi connectivity index (χ4v) is 1.97. The number of aromatic nitrogens is 4. The van der Waals surface area contributed by atoms with Gasteiger partial charge in [0.15, 0.2) is 0 Å². The Kier molecular flexibility index (Phi) is 1.90. The van der Waals surface area contributed by atoms with Gasteiger partial charge >= 0.3 is 0 Å². The lowest BCUT2D eigenvalue weighted by molar-refractivity contribution is 1.20. The molecule has 1 N–H and O–H groups in total. The van der Waals surface area contributed by atoms with Crippen molar-refractivity contribution in [3.8, 4) is 0 Å². The molecule has 0 bridgehead atoms. The molecule has 3 aromatic heterocycles. The van der Waals surface area contributed by atoms with E-state index in [0.29, 0.717) is 5.65 Å². The number of nitrogens with one attached hydrogen (secondary N) is 1. The van der Waals surface area contributed by atoms with Crippen molar-refractivity contribution < 1.29 is 0 Å². The number of aromatic amines is 1. The summed E-state index contributed by atoms with van der Waals surface area (Å²) in [5.74, 6) is 0. The van der Waals surface area contributed by atoms with Crippen LogP contribution in [0.15, 0.2) is 22.9 Å². The van der Waals surface area contributed by atoms with Crippen molar-refractivity contribution in [3.63, 3.8) is 0 Å². The normalized spacial score (nSPS) is 11.3. The van der Waals surface area contributed by atoms with Gasteiger partial charge in [-0.2, -0.15) is 4.98 Å². The second-order valence-corrected chi connectivity index (χ2v) is 4.33. The van der Waals surface area contributed by atoms with E-state index in [1.807, 2.05) is 6.07 Å². The van der Waals surface area contributed by atoms with Gasteiger partial charge in [0, 0.05) is 16.9 Å². The molecule has 0 fully saturated rings. The molecule has 0 unspecified atom stereocenters. The molecule has 6 heteroatoms. The third kappa shape index (κ3) is 1.39. The maximum absolute atomic E-state index is 5.71. The van der Waals surface area contributed by atoms with E-state index in [1.54, 1.807) is 12.4 Å². The predicted molar refractivity (Wildman–Crippen MR) is 61.9 cm³/mol. The number of fused-ring (bicyclic) bond motifs is 3. The molecular weight excluding hydrogens is 279 g/mol. The van der Waals surface area contributed by atoms with E-state index in [-0.39, 0.29) is 5.28 Å². The van der Waals surface area contributed by atoms with Crippen LogP contribution in [0.2, 0.25) is 5.28 Å². The Morgan fingerprint density at radius 3 is 3.00 bits per heavy atom. The van der Waals surface area contributed by atoms with Gasteiger partial charge in [-0.15, -0.1) is 0 Å². The number of hydrogen-bond donors (Lipinski definition) is 1. The van der Waals surface area contributed by atoms with E-state index < -0.39 is 0 Å². The minimum atomic E-state index is 0.230. The molecule has 0 spiro atoms. The van der Waals surface area contributed by atoms with Gasteiger partial charge in [0.05, 0.1) is 16.4 Å². The van der Waals surface area contributed by atoms with Crippen molar-refractivity contribution in [1.82, 2.24) is 19.9 Å². The van der Waals surface area contributed by atoms with Crippen molar-refractivity contribution >= 4 is 49.6 Å². The van der Waals surface area contributed by atoms with E-state index >= 15 is 0 Å². The molecule has 0 amide bonds. The summed E-state index contributed by atoms with van der Waals surface area (Å²) in [5, 5.41) is 1.11. The smallest absolute Gasteiger partial charge is 0.224 e. The van der Waals surface area contributed by atoms with Crippen LogP contribution in [0, 0.1) is 0 Å². The molecule has 3 rings (SSSR count). The van der Waals surface area contributed by atoms with E-state index in [1.165, 1.54) is 0 Å². The quantitative estimate of drug-likeness (QED) is 0.645. The summed E-state index contributed by atoms with van der Waals surface area (Å²) in [4.78, 5) is 15.4. The maximum Gasteiger partial charge on any atom is 0.224 e. The van der Waals surface area contributed by atoms with Crippen LogP contribution in [0.5, 0.6) is 0 Å². The minimum absolute atomic E-state index is 0.230. The molecule has 0 atom stereocenters. The number of pyridine rings is 1. The van der Waals surface area contributed by atoms with Crippen LogP contribution >= 0.6 is 27.5 Å². The molecule has 3 aromatic rings. The van der Waals surface area contributed by atoms with Gasteiger partial charge in [0.2, 0.25) is 5.28 Å². The standard InChI is InChI=1S/C9H4BrClN4/c10-4-1-6-7(12-2-4)5-3-13-9(11)15-8(5)14-6/h1-3H,(H,13,14,15). The van der Waals surface area contributed by atoms with E-state index in [4.69, 9.17) is 11.6 Å². The van der Waals surface area contributed by atoms with Crippen molar-refractivity contribution in [3.05, 3.63) is 28.2 Å². The second-order valence-electron chi connectivity index (χ2n) is 3.08. The van der Waals surface area contributed by atoms with Gasteiger partial charge in [-0.25, -0.2) is 4.98 Å². The summed E-state index contributed by atoms with van der Waals surface area (Å²) >= 11 is 9.07. The van der Waals surface area contributed by atoms with E-state index in [9.17, 15) is 0 Å². The van der Waals surface area contributed by atoms with Crippen LogP contribution in [0.25, 0.3) is 22.1 Å². The Bertz CT molecular complexity index is 607. The summed E-state index contributed by atoms with van der Waals surface area (Å²) in [6.45, 7) is 0. The summed E-state index contributed by atoms with van der Waals surface area (Å²) in [5.41, 5.74) is 2.47. The Morgan fingerprint density at radius 1 is 1.27 bits per heavy atom. The van der Waals surface area contributed by atoms with Crippen molar-refractivity contribution in [1.29, 1.82) is 0 Å². The first kappa shape index (κ1) is 9.06. The number of hydrogen-bond acceptors (Lipinski definition) is 3. The number of halogens is 2. The average molecular weight is 284 g/mol.